The number of methoxy groups -OCH3 is 1. The number of carbonyl (C=O) groups is 1. The van der Waals surface area contributed by atoms with E-state index in [1.165, 1.54) is 29.2 Å². The molecule has 2 atom stereocenters. The number of ether oxygens (including phenoxy) is 2. The fraction of sp³-hybridized carbons (Fsp3) is 0.345. The van der Waals surface area contributed by atoms with Gasteiger partial charge in [-0.2, -0.15) is 0 Å². The molecule has 1 amide bonds. The van der Waals surface area contributed by atoms with E-state index >= 15 is 4.39 Å². The fourth-order valence-corrected chi connectivity index (χ4v) is 5.28. The van der Waals surface area contributed by atoms with Crippen LogP contribution in [0.4, 0.5) is 20.2 Å². The van der Waals surface area contributed by atoms with Crippen molar-refractivity contribution in [2.45, 2.75) is 37.5 Å². The lowest BCUT2D eigenvalue weighted by molar-refractivity contribution is -0.119. The molecule has 2 heterocycles. The highest BCUT2D eigenvalue weighted by Crippen LogP contribution is 2.39. The minimum Gasteiger partial charge on any atom is -0.497 e. The van der Waals surface area contributed by atoms with Gasteiger partial charge in [0.15, 0.2) is 0 Å². The number of halogens is 3. The molecular weight excluding hydrogens is 530 g/mol. The summed E-state index contributed by atoms with van der Waals surface area (Å²) >= 11 is 5.84. The molecule has 2 N–H and O–H groups in total. The molecule has 2 aliphatic heterocycles. The second-order valence-electron chi connectivity index (χ2n) is 9.90. The van der Waals surface area contributed by atoms with Gasteiger partial charge >= 0.3 is 0 Å². The predicted octanol–water partition coefficient (Wildman–Crippen LogP) is 4.49. The van der Waals surface area contributed by atoms with Crippen molar-refractivity contribution in [3.8, 4) is 11.5 Å². The SMILES string of the molecule is COc1ccc(CN2C(=O)CCc3c(OCC4(O)CCN(c5ccc(Cl)cc5F)CC4O)ccc(F)c32)cc1. The van der Waals surface area contributed by atoms with Crippen LogP contribution in [0.15, 0.2) is 54.6 Å². The quantitative estimate of drug-likeness (QED) is 0.445. The molecule has 0 saturated carbocycles. The first-order valence-electron chi connectivity index (χ1n) is 12.7. The number of carbonyl (C=O) groups excluding carboxylic acids is 1. The zero-order valence-corrected chi connectivity index (χ0v) is 22.1. The first-order chi connectivity index (χ1) is 18.7. The summed E-state index contributed by atoms with van der Waals surface area (Å²) in [5.74, 6) is -0.245. The molecule has 10 heteroatoms. The van der Waals surface area contributed by atoms with Crippen molar-refractivity contribution >= 4 is 28.9 Å². The Morgan fingerprint density at radius 1 is 1.08 bits per heavy atom. The molecule has 2 unspecified atom stereocenters. The van der Waals surface area contributed by atoms with Crippen molar-refractivity contribution < 1.29 is 33.3 Å². The van der Waals surface area contributed by atoms with E-state index in [9.17, 15) is 19.4 Å². The molecule has 3 aromatic carbocycles. The summed E-state index contributed by atoms with van der Waals surface area (Å²) in [5.41, 5.74) is 0.176. The number of rotatable bonds is 7. The van der Waals surface area contributed by atoms with Crippen LogP contribution in [0.1, 0.15) is 24.0 Å². The van der Waals surface area contributed by atoms with Crippen LogP contribution in [-0.4, -0.2) is 54.6 Å². The number of aliphatic hydroxyl groups is 2. The van der Waals surface area contributed by atoms with E-state index < -0.39 is 23.3 Å². The minimum atomic E-state index is -1.60. The Hall–Kier alpha value is -3.40. The van der Waals surface area contributed by atoms with Crippen molar-refractivity contribution in [1.82, 2.24) is 0 Å². The maximum atomic E-state index is 15.1. The largest absolute Gasteiger partial charge is 0.497 e. The average Bonchev–Trinajstić information content (AvgIpc) is 2.92. The van der Waals surface area contributed by atoms with Crippen LogP contribution in [-0.2, 0) is 17.8 Å². The molecule has 206 valence electrons. The number of aliphatic hydroxyl groups excluding tert-OH is 1. The van der Waals surface area contributed by atoms with Crippen LogP contribution in [0.2, 0.25) is 5.02 Å². The molecule has 3 aromatic rings. The summed E-state index contributed by atoms with van der Waals surface area (Å²) in [6.07, 6.45) is -0.657. The van der Waals surface area contributed by atoms with Gasteiger partial charge in [-0.1, -0.05) is 23.7 Å². The normalized spacial score (nSPS) is 21.1. The molecule has 2 aliphatic rings. The molecule has 0 spiro atoms. The molecule has 0 aromatic heterocycles. The van der Waals surface area contributed by atoms with Crippen LogP contribution >= 0.6 is 11.6 Å². The Kier molecular flexibility index (Phi) is 7.66. The predicted molar refractivity (Wildman–Crippen MR) is 144 cm³/mol. The summed E-state index contributed by atoms with van der Waals surface area (Å²) in [4.78, 5) is 15.9. The first kappa shape index (κ1) is 27.2. The van der Waals surface area contributed by atoms with Crippen molar-refractivity contribution in [3.63, 3.8) is 0 Å². The number of hydrogen-bond donors (Lipinski definition) is 2. The van der Waals surface area contributed by atoms with Gasteiger partial charge in [-0.3, -0.25) is 4.79 Å². The van der Waals surface area contributed by atoms with Gasteiger partial charge in [0.1, 0.15) is 41.4 Å². The molecule has 5 rings (SSSR count). The summed E-state index contributed by atoms with van der Waals surface area (Å²) in [5, 5.41) is 22.3. The highest BCUT2D eigenvalue weighted by atomic mass is 35.5. The molecule has 1 fully saturated rings. The van der Waals surface area contributed by atoms with Gasteiger partial charge in [-0.15, -0.1) is 0 Å². The lowest BCUT2D eigenvalue weighted by Crippen LogP contribution is -2.58. The lowest BCUT2D eigenvalue weighted by atomic mass is 9.89. The highest BCUT2D eigenvalue weighted by Gasteiger charge is 2.42. The smallest absolute Gasteiger partial charge is 0.227 e. The summed E-state index contributed by atoms with van der Waals surface area (Å²) < 4.78 is 40.6. The summed E-state index contributed by atoms with van der Waals surface area (Å²) in [6.45, 7) is 0.191. The van der Waals surface area contributed by atoms with Gasteiger partial charge in [0.2, 0.25) is 5.91 Å². The number of amides is 1. The molecule has 1 saturated heterocycles. The number of hydrogen-bond acceptors (Lipinski definition) is 6. The number of benzene rings is 3. The molecule has 0 bridgehead atoms. The Bertz CT molecular complexity index is 1370. The van der Waals surface area contributed by atoms with Crippen molar-refractivity contribution in [3.05, 3.63) is 82.4 Å². The number of β-amino-alcohol motifs (C(OH)–C–C–N with tert-alkyl or cyclic N) is 1. The zero-order chi connectivity index (χ0) is 27.7. The second-order valence-corrected chi connectivity index (χ2v) is 10.3. The van der Waals surface area contributed by atoms with Crippen LogP contribution in [0.25, 0.3) is 0 Å². The van der Waals surface area contributed by atoms with Gasteiger partial charge < -0.3 is 29.5 Å². The summed E-state index contributed by atoms with van der Waals surface area (Å²) in [6, 6.07) is 14.2. The average molecular weight is 559 g/mol. The van der Waals surface area contributed by atoms with Crippen LogP contribution in [0.3, 0.4) is 0 Å². The monoisotopic (exact) mass is 558 g/mol. The third-order valence-corrected chi connectivity index (χ3v) is 7.64. The molecular formula is C29H29ClF2N2O5. The topological polar surface area (TPSA) is 82.5 Å². The van der Waals surface area contributed by atoms with Crippen molar-refractivity contribution in [1.29, 1.82) is 0 Å². The van der Waals surface area contributed by atoms with E-state index in [-0.39, 0.29) is 67.8 Å². The molecule has 39 heavy (non-hydrogen) atoms. The fourth-order valence-electron chi connectivity index (χ4n) is 5.12. The van der Waals surface area contributed by atoms with Gasteiger partial charge in [0.05, 0.1) is 25.0 Å². The maximum absolute atomic E-state index is 15.1. The van der Waals surface area contributed by atoms with Crippen LogP contribution in [0.5, 0.6) is 11.5 Å². The van der Waals surface area contributed by atoms with Crippen molar-refractivity contribution in [2.75, 3.05) is 36.6 Å². The van der Waals surface area contributed by atoms with Crippen LogP contribution < -0.4 is 19.3 Å². The Labute approximate surface area is 230 Å². The van der Waals surface area contributed by atoms with E-state index in [0.717, 1.165) is 5.56 Å². The molecule has 7 nitrogen and oxygen atoms in total. The zero-order valence-electron chi connectivity index (χ0n) is 21.4. The Morgan fingerprint density at radius 2 is 1.85 bits per heavy atom. The van der Waals surface area contributed by atoms with Crippen molar-refractivity contribution in [2.24, 2.45) is 0 Å². The second kappa shape index (κ2) is 11.0. The van der Waals surface area contributed by atoms with Gasteiger partial charge in [0.25, 0.3) is 0 Å². The third-order valence-electron chi connectivity index (χ3n) is 7.41. The van der Waals surface area contributed by atoms with E-state index in [1.807, 2.05) is 12.1 Å². The molecule has 0 radical (unpaired) electrons. The molecule has 0 aliphatic carbocycles. The number of piperidine rings is 1. The first-order valence-corrected chi connectivity index (χ1v) is 13.0. The lowest BCUT2D eigenvalue weighted by Gasteiger charge is -2.43. The van der Waals surface area contributed by atoms with E-state index in [4.69, 9.17) is 21.1 Å². The number of nitrogens with zero attached hydrogens (tertiary/aromatic N) is 2. The Morgan fingerprint density at radius 3 is 2.54 bits per heavy atom. The van der Waals surface area contributed by atoms with E-state index in [0.29, 0.717) is 17.1 Å². The number of fused-ring (bicyclic) bond motifs is 1. The third kappa shape index (κ3) is 5.52. The standard InChI is InChI=1S/C29H29ClF2N2O5/c1-38-20-5-2-18(3-6-20)15-34-27(36)11-7-21-25(10-8-22(31)28(21)34)39-17-29(37)12-13-33(16-26(29)35)24-9-4-19(30)14-23(24)32/h2-6,8-10,14,26,35,37H,7,11-13,15-17H2,1H3. The van der Waals surface area contributed by atoms with Gasteiger partial charge in [-0.05, 0) is 60.9 Å². The maximum Gasteiger partial charge on any atom is 0.227 e. The highest BCUT2D eigenvalue weighted by molar-refractivity contribution is 6.30. The van der Waals surface area contributed by atoms with E-state index in [2.05, 4.69) is 0 Å². The number of anilines is 2. The van der Waals surface area contributed by atoms with Crippen LogP contribution in [0, 0.1) is 11.6 Å². The Balaban J connectivity index is 1.32. The minimum absolute atomic E-state index is 0.00984. The van der Waals surface area contributed by atoms with Gasteiger partial charge in [-0.25, -0.2) is 8.78 Å². The van der Waals surface area contributed by atoms with Gasteiger partial charge in [0, 0.05) is 30.1 Å². The van der Waals surface area contributed by atoms with E-state index in [1.54, 1.807) is 30.2 Å². The summed E-state index contributed by atoms with van der Waals surface area (Å²) in [7, 11) is 1.56.